The van der Waals surface area contributed by atoms with Crippen LogP contribution < -0.4 is 5.73 Å². The average Bonchev–Trinajstić information content (AvgIpc) is 2.75. The van der Waals surface area contributed by atoms with Crippen LogP contribution in [0.4, 0.5) is 5.95 Å². The molecule has 2 unspecified atom stereocenters. The molecule has 1 aliphatic carbocycles. The fourth-order valence-corrected chi connectivity index (χ4v) is 2.17. The molecule has 0 bridgehead atoms. The van der Waals surface area contributed by atoms with Crippen molar-refractivity contribution in [3.63, 3.8) is 0 Å². The summed E-state index contributed by atoms with van der Waals surface area (Å²) in [7, 11) is 0. The van der Waals surface area contributed by atoms with Crippen molar-refractivity contribution in [2.75, 3.05) is 12.3 Å². The summed E-state index contributed by atoms with van der Waals surface area (Å²) in [6.45, 7) is 0.797. The van der Waals surface area contributed by atoms with Crippen molar-refractivity contribution in [1.82, 2.24) is 20.2 Å². The Morgan fingerprint density at radius 2 is 2.21 bits per heavy atom. The Labute approximate surface area is 81.4 Å². The Bertz CT molecular complexity index is 334. The summed E-state index contributed by atoms with van der Waals surface area (Å²) in [6, 6.07) is 0.248. The predicted octanol–water partition coefficient (Wildman–Crippen LogP) is -0.00470. The molecule has 2 aliphatic rings. The minimum atomic E-state index is 0.248. The van der Waals surface area contributed by atoms with Crippen LogP contribution in [0.1, 0.15) is 25.3 Å². The quantitative estimate of drug-likeness (QED) is 0.718. The van der Waals surface area contributed by atoms with E-state index >= 15 is 0 Å². The number of hydrogen-bond donors (Lipinski definition) is 1. The number of anilines is 1. The van der Waals surface area contributed by atoms with Gasteiger partial charge < -0.3 is 10.5 Å². The van der Waals surface area contributed by atoms with E-state index in [-0.39, 0.29) is 12.1 Å². The van der Waals surface area contributed by atoms with Gasteiger partial charge in [0.2, 0.25) is 5.95 Å². The van der Waals surface area contributed by atoms with Crippen molar-refractivity contribution in [1.29, 1.82) is 0 Å². The van der Waals surface area contributed by atoms with Crippen LogP contribution in [0.15, 0.2) is 0 Å². The molecule has 1 aromatic rings. The van der Waals surface area contributed by atoms with Gasteiger partial charge in [-0.15, -0.1) is 0 Å². The summed E-state index contributed by atoms with van der Waals surface area (Å²) in [5.74, 6) is 1.09. The summed E-state index contributed by atoms with van der Waals surface area (Å²) in [6.07, 6.45) is 3.78. The minimum Gasteiger partial charge on any atom is -0.376 e. The van der Waals surface area contributed by atoms with Crippen molar-refractivity contribution >= 4 is 5.95 Å². The molecule has 1 aromatic heterocycles. The standard InChI is InChI=1S/C8H13N5O/c9-8-10-11-12-13(8)6-3-4-14-7(6)5-1-2-5/h5-7H,1-4H2,(H2,9,10,12). The van der Waals surface area contributed by atoms with Crippen LogP contribution in [0.2, 0.25) is 0 Å². The molecular formula is C8H13N5O. The van der Waals surface area contributed by atoms with Gasteiger partial charge in [0.25, 0.3) is 0 Å². The monoisotopic (exact) mass is 195 g/mol. The molecule has 0 radical (unpaired) electrons. The summed E-state index contributed by atoms with van der Waals surface area (Å²) < 4.78 is 7.40. The zero-order valence-electron chi connectivity index (χ0n) is 7.83. The SMILES string of the molecule is Nc1nnnn1C1CCOC1C1CC1. The van der Waals surface area contributed by atoms with E-state index in [4.69, 9.17) is 10.5 Å². The van der Waals surface area contributed by atoms with Gasteiger partial charge in [0.05, 0.1) is 12.1 Å². The fourth-order valence-electron chi connectivity index (χ4n) is 2.17. The van der Waals surface area contributed by atoms with E-state index in [1.807, 2.05) is 0 Å². The smallest absolute Gasteiger partial charge is 0.240 e. The maximum atomic E-state index is 5.70. The second-order valence-electron chi connectivity index (χ2n) is 4.01. The van der Waals surface area contributed by atoms with Crippen LogP contribution in [0.3, 0.4) is 0 Å². The molecule has 1 saturated heterocycles. The van der Waals surface area contributed by atoms with Crippen molar-refractivity contribution in [2.24, 2.45) is 5.92 Å². The van der Waals surface area contributed by atoms with E-state index in [1.165, 1.54) is 12.8 Å². The molecule has 0 aromatic carbocycles. The van der Waals surface area contributed by atoms with E-state index < -0.39 is 0 Å². The van der Waals surface area contributed by atoms with Gasteiger partial charge in [-0.1, -0.05) is 5.10 Å². The van der Waals surface area contributed by atoms with Crippen LogP contribution in [0.25, 0.3) is 0 Å². The van der Waals surface area contributed by atoms with Gasteiger partial charge >= 0.3 is 0 Å². The van der Waals surface area contributed by atoms with Crippen molar-refractivity contribution in [3.8, 4) is 0 Å². The van der Waals surface area contributed by atoms with E-state index in [0.29, 0.717) is 11.9 Å². The van der Waals surface area contributed by atoms with Crippen molar-refractivity contribution in [2.45, 2.75) is 31.4 Å². The summed E-state index contributed by atoms with van der Waals surface area (Å²) in [5.41, 5.74) is 5.67. The highest BCUT2D eigenvalue weighted by molar-refractivity contribution is 5.13. The van der Waals surface area contributed by atoms with Gasteiger partial charge in [0.1, 0.15) is 0 Å². The first-order chi connectivity index (χ1) is 6.86. The molecule has 3 rings (SSSR count). The van der Waals surface area contributed by atoms with E-state index in [0.717, 1.165) is 13.0 Å². The highest BCUT2D eigenvalue weighted by Crippen LogP contribution is 2.43. The molecule has 2 atom stereocenters. The van der Waals surface area contributed by atoms with Crippen LogP contribution in [-0.2, 0) is 4.74 Å². The molecule has 14 heavy (non-hydrogen) atoms. The Hall–Kier alpha value is -1.17. The topological polar surface area (TPSA) is 78.9 Å². The van der Waals surface area contributed by atoms with Crippen LogP contribution in [-0.4, -0.2) is 32.9 Å². The molecule has 2 N–H and O–H groups in total. The average molecular weight is 195 g/mol. The number of nitrogen functional groups attached to an aromatic ring is 1. The Kier molecular flexibility index (Phi) is 1.70. The van der Waals surface area contributed by atoms with Gasteiger partial charge in [-0.25, -0.2) is 4.68 Å². The normalized spacial score (nSPS) is 32.3. The first kappa shape index (κ1) is 8.16. The minimum absolute atomic E-state index is 0.248. The van der Waals surface area contributed by atoms with Crippen molar-refractivity contribution < 1.29 is 4.74 Å². The molecule has 2 fully saturated rings. The third-order valence-electron chi connectivity index (χ3n) is 3.02. The number of hydrogen-bond acceptors (Lipinski definition) is 5. The summed E-state index contributed by atoms with van der Waals surface area (Å²) in [4.78, 5) is 0. The molecular weight excluding hydrogens is 182 g/mol. The number of tetrazole rings is 1. The number of ether oxygens (including phenoxy) is 1. The van der Waals surface area contributed by atoms with Crippen LogP contribution in [0, 0.1) is 5.92 Å². The lowest BCUT2D eigenvalue weighted by atomic mass is 10.1. The van der Waals surface area contributed by atoms with E-state index in [9.17, 15) is 0 Å². The largest absolute Gasteiger partial charge is 0.376 e. The number of nitrogens with two attached hydrogens (primary N) is 1. The maximum Gasteiger partial charge on any atom is 0.240 e. The number of rotatable bonds is 2. The van der Waals surface area contributed by atoms with Crippen molar-refractivity contribution in [3.05, 3.63) is 0 Å². The Morgan fingerprint density at radius 1 is 1.36 bits per heavy atom. The maximum absolute atomic E-state index is 5.70. The molecule has 1 aliphatic heterocycles. The molecule has 6 nitrogen and oxygen atoms in total. The second kappa shape index (κ2) is 2.91. The number of aromatic nitrogens is 4. The van der Waals surface area contributed by atoms with Crippen LogP contribution in [0.5, 0.6) is 0 Å². The van der Waals surface area contributed by atoms with E-state index in [1.54, 1.807) is 4.68 Å². The van der Waals surface area contributed by atoms with E-state index in [2.05, 4.69) is 15.5 Å². The first-order valence-corrected chi connectivity index (χ1v) is 5.01. The number of nitrogens with zero attached hydrogens (tertiary/aromatic N) is 4. The van der Waals surface area contributed by atoms with Gasteiger partial charge in [-0.3, -0.25) is 0 Å². The predicted molar refractivity (Wildman–Crippen MR) is 48.3 cm³/mol. The molecule has 1 saturated carbocycles. The summed E-state index contributed by atoms with van der Waals surface area (Å²) >= 11 is 0. The molecule has 2 heterocycles. The molecule has 76 valence electrons. The lowest BCUT2D eigenvalue weighted by molar-refractivity contribution is 0.0726. The van der Waals surface area contributed by atoms with Gasteiger partial charge in [-0.05, 0) is 35.6 Å². The fraction of sp³-hybridized carbons (Fsp3) is 0.875. The van der Waals surface area contributed by atoms with Gasteiger partial charge in [0.15, 0.2) is 0 Å². The first-order valence-electron chi connectivity index (χ1n) is 5.01. The second-order valence-corrected chi connectivity index (χ2v) is 4.01. The zero-order chi connectivity index (χ0) is 9.54. The molecule has 0 amide bonds. The zero-order valence-corrected chi connectivity index (χ0v) is 7.83. The molecule has 6 heteroatoms. The highest BCUT2D eigenvalue weighted by atomic mass is 16.5. The third kappa shape index (κ3) is 1.18. The Morgan fingerprint density at radius 3 is 2.86 bits per heavy atom. The van der Waals surface area contributed by atoms with Gasteiger partial charge in [0, 0.05) is 6.61 Å². The Balaban J connectivity index is 1.86. The third-order valence-corrected chi connectivity index (χ3v) is 3.02. The lowest BCUT2D eigenvalue weighted by Gasteiger charge is -2.17. The van der Waals surface area contributed by atoms with Crippen LogP contribution >= 0.6 is 0 Å². The highest BCUT2D eigenvalue weighted by Gasteiger charge is 2.42. The summed E-state index contributed by atoms with van der Waals surface area (Å²) in [5, 5.41) is 11.2. The van der Waals surface area contributed by atoms with Gasteiger partial charge in [-0.2, -0.15) is 0 Å². The lowest BCUT2D eigenvalue weighted by Crippen LogP contribution is -2.24. The molecule has 0 spiro atoms.